The van der Waals surface area contributed by atoms with E-state index in [0.717, 1.165) is 17.9 Å². The van der Waals surface area contributed by atoms with Gasteiger partial charge in [-0.15, -0.1) is 0 Å². The molecular formula is C13H17NO2. The molecule has 0 unspecified atom stereocenters. The van der Waals surface area contributed by atoms with Gasteiger partial charge < -0.3 is 15.2 Å². The smallest absolute Gasteiger partial charge is 0.231 e. The van der Waals surface area contributed by atoms with Crippen LogP contribution in [-0.4, -0.2) is 12.8 Å². The summed E-state index contributed by atoms with van der Waals surface area (Å²) in [5, 5.41) is 0. The van der Waals surface area contributed by atoms with Gasteiger partial charge in [-0.3, -0.25) is 0 Å². The number of nitrogens with two attached hydrogens (primary N) is 1. The zero-order valence-corrected chi connectivity index (χ0v) is 9.32. The normalized spacial score (nSPS) is 27.3. The lowest BCUT2D eigenvalue weighted by molar-refractivity contribution is 0.174. The quantitative estimate of drug-likeness (QED) is 0.828. The van der Waals surface area contributed by atoms with Crippen LogP contribution in [0, 0.1) is 5.92 Å². The molecule has 1 fully saturated rings. The summed E-state index contributed by atoms with van der Waals surface area (Å²) in [6.45, 7) is 0.349. The number of hydrogen-bond acceptors (Lipinski definition) is 3. The zero-order chi connectivity index (χ0) is 11.0. The fourth-order valence-electron chi connectivity index (χ4n) is 2.69. The number of hydrogen-bond donors (Lipinski definition) is 1. The van der Waals surface area contributed by atoms with Gasteiger partial charge in [-0.2, -0.15) is 0 Å². The van der Waals surface area contributed by atoms with Crippen LogP contribution >= 0.6 is 0 Å². The maximum Gasteiger partial charge on any atom is 0.231 e. The minimum absolute atomic E-state index is 0.349. The van der Waals surface area contributed by atoms with Gasteiger partial charge in [-0.25, -0.2) is 0 Å². The first-order valence-electron chi connectivity index (χ1n) is 5.97. The van der Waals surface area contributed by atoms with Crippen LogP contribution in [0.3, 0.4) is 0 Å². The van der Waals surface area contributed by atoms with Crippen LogP contribution in [0.15, 0.2) is 18.2 Å². The lowest BCUT2D eigenvalue weighted by Crippen LogP contribution is -2.25. The van der Waals surface area contributed by atoms with Crippen molar-refractivity contribution in [1.29, 1.82) is 0 Å². The SMILES string of the molecule is N[C@H]1CCC[C@H]1Cc1ccc2c(c1)OCO2. The Morgan fingerprint density at radius 1 is 1.19 bits per heavy atom. The van der Waals surface area contributed by atoms with Gasteiger partial charge >= 0.3 is 0 Å². The van der Waals surface area contributed by atoms with Gasteiger partial charge in [0.05, 0.1) is 0 Å². The lowest BCUT2D eigenvalue weighted by atomic mass is 9.95. The third-order valence-electron chi connectivity index (χ3n) is 3.65. The standard InChI is InChI=1S/C13H17NO2/c14-11-3-1-2-10(11)6-9-4-5-12-13(7-9)16-8-15-12/h4-5,7,10-11H,1-3,6,8,14H2/t10-,11-/m0/s1. The van der Waals surface area contributed by atoms with E-state index in [9.17, 15) is 0 Å². The average molecular weight is 219 g/mol. The Labute approximate surface area is 95.5 Å². The maximum atomic E-state index is 6.08. The molecule has 1 saturated carbocycles. The monoisotopic (exact) mass is 219 g/mol. The van der Waals surface area contributed by atoms with E-state index in [0.29, 0.717) is 18.8 Å². The minimum Gasteiger partial charge on any atom is -0.454 e. The van der Waals surface area contributed by atoms with E-state index in [-0.39, 0.29) is 0 Å². The second-order valence-corrected chi connectivity index (χ2v) is 4.75. The summed E-state index contributed by atoms with van der Waals surface area (Å²) in [7, 11) is 0. The molecule has 16 heavy (non-hydrogen) atoms. The number of benzene rings is 1. The van der Waals surface area contributed by atoms with Crippen LogP contribution in [0.2, 0.25) is 0 Å². The molecule has 1 heterocycles. The first-order valence-corrected chi connectivity index (χ1v) is 5.97. The molecule has 0 bridgehead atoms. The molecule has 2 atom stereocenters. The van der Waals surface area contributed by atoms with Crippen molar-refractivity contribution < 1.29 is 9.47 Å². The molecule has 2 aliphatic rings. The highest BCUT2D eigenvalue weighted by Gasteiger charge is 2.24. The van der Waals surface area contributed by atoms with Gasteiger partial charge in [-0.05, 0) is 42.9 Å². The molecule has 1 aliphatic carbocycles. The maximum absolute atomic E-state index is 6.08. The molecule has 3 heteroatoms. The Kier molecular flexibility index (Phi) is 2.48. The van der Waals surface area contributed by atoms with Gasteiger partial charge in [0.1, 0.15) is 0 Å². The molecular weight excluding hydrogens is 202 g/mol. The Balaban J connectivity index is 1.75. The van der Waals surface area contributed by atoms with Crippen molar-refractivity contribution in [3.05, 3.63) is 23.8 Å². The summed E-state index contributed by atoms with van der Waals surface area (Å²) in [5.74, 6) is 2.38. The Hall–Kier alpha value is -1.22. The predicted octanol–water partition coefficient (Wildman–Crippen LogP) is 2.09. The average Bonchev–Trinajstić information content (AvgIpc) is 2.88. The van der Waals surface area contributed by atoms with Crippen molar-refractivity contribution in [2.75, 3.05) is 6.79 Å². The van der Waals surface area contributed by atoms with Gasteiger partial charge in [-0.1, -0.05) is 12.5 Å². The number of ether oxygens (including phenoxy) is 2. The van der Waals surface area contributed by atoms with Crippen molar-refractivity contribution in [2.45, 2.75) is 31.7 Å². The molecule has 1 aromatic rings. The van der Waals surface area contributed by atoms with E-state index >= 15 is 0 Å². The summed E-state index contributed by atoms with van der Waals surface area (Å²) in [4.78, 5) is 0. The molecule has 0 amide bonds. The molecule has 0 spiro atoms. The topological polar surface area (TPSA) is 44.5 Å². The van der Waals surface area contributed by atoms with Gasteiger partial charge in [0.25, 0.3) is 0 Å². The Morgan fingerprint density at radius 3 is 2.88 bits per heavy atom. The highest BCUT2D eigenvalue weighted by molar-refractivity contribution is 5.44. The summed E-state index contributed by atoms with van der Waals surface area (Å²) in [6.07, 6.45) is 4.78. The molecule has 1 aromatic carbocycles. The fraction of sp³-hybridized carbons (Fsp3) is 0.538. The van der Waals surface area contributed by atoms with Crippen molar-refractivity contribution in [1.82, 2.24) is 0 Å². The van der Waals surface area contributed by atoms with E-state index in [1.54, 1.807) is 0 Å². The first-order chi connectivity index (χ1) is 7.83. The molecule has 3 rings (SSSR count). The van der Waals surface area contributed by atoms with Crippen molar-refractivity contribution in [3.63, 3.8) is 0 Å². The molecule has 0 radical (unpaired) electrons. The van der Waals surface area contributed by atoms with E-state index < -0.39 is 0 Å². The van der Waals surface area contributed by atoms with E-state index in [4.69, 9.17) is 15.2 Å². The Morgan fingerprint density at radius 2 is 2.06 bits per heavy atom. The highest BCUT2D eigenvalue weighted by atomic mass is 16.7. The Bertz CT molecular complexity index is 392. The zero-order valence-electron chi connectivity index (χ0n) is 9.32. The lowest BCUT2D eigenvalue weighted by Gasteiger charge is -2.15. The predicted molar refractivity (Wildman–Crippen MR) is 61.6 cm³/mol. The molecule has 0 saturated heterocycles. The molecule has 86 valence electrons. The summed E-state index contributed by atoms with van der Waals surface area (Å²) >= 11 is 0. The van der Waals surface area contributed by atoms with Crippen LogP contribution in [0.4, 0.5) is 0 Å². The van der Waals surface area contributed by atoms with Gasteiger partial charge in [0, 0.05) is 6.04 Å². The summed E-state index contributed by atoms with van der Waals surface area (Å²) in [6, 6.07) is 6.59. The second-order valence-electron chi connectivity index (χ2n) is 4.75. The summed E-state index contributed by atoms with van der Waals surface area (Å²) in [5.41, 5.74) is 7.40. The largest absolute Gasteiger partial charge is 0.454 e. The van der Waals surface area contributed by atoms with E-state index in [1.165, 1.54) is 24.8 Å². The second kappa shape index (κ2) is 3.98. The number of fused-ring (bicyclic) bond motifs is 1. The van der Waals surface area contributed by atoms with Crippen LogP contribution in [0.1, 0.15) is 24.8 Å². The first kappa shape index (κ1) is 9.97. The van der Waals surface area contributed by atoms with Crippen LogP contribution < -0.4 is 15.2 Å². The van der Waals surface area contributed by atoms with Crippen molar-refractivity contribution >= 4 is 0 Å². The van der Waals surface area contributed by atoms with Crippen LogP contribution in [-0.2, 0) is 6.42 Å². The van der Waals surface area contributed by atoms with E-state index in [2.05, 4.69) is 12.1 Å². The highest BCUT2D eigenvalue weighted by Crippen LogP contribution is 2.34. The molecule has 1 aliphatic heterocycles. The third-order valence-corrected chi connectivity index (χ3v) is 3.65. The van der Waals surface area contributed by atoms with Gasteiger partial charge in [0.2, 0.25) is 6.79 Å². The molecule has 3 nitrogen and oxygen atoms in total. The molecule has 0 aromatic heterocycles. The number of rotatable bonds is 2. The van der Waals surface area contributed by atoms with Crippen LogP contribution in [0.5, 0.6) is 11.5 Å². The van der Waals surface area contributed by atoms with Crippen molar-refractivity contribution in [3.8, 4) is 11.5 Å². The summed E-state index contributed by atoms with van der Waals surface area (Å²) < 4.78 is 10.7. The third kappa shape index (κ3) is 1.76. The van der Waals surface area contributed by atoms with Gasteiger partial charge in [0.15, 0.2) is 11.5 Å². The molecule has 2 N–H and O–H groups in total. The van der Waals surface area contributed by atoms with Crippen molar-refractivity contribution in [2.24, 2.45) is 11.7 Å². The van der Waals surface area contributed by atoms with Crippen LogP contribution in [0.25, 0.3) is 0 Å². The minimum atomic E-state index is 0.349. The fourth-order valence-corrected chi connectivity index (χ4v) is 2.69. The van der Waals surface area contributed by atoms with E-state index in [1.807, 2.05) is 6.07 Å².